The van der Waals surface area contributed by atoms with Crippen molar-refractivity contribution in [2.45, 2.75) is 24.8 Å². The molecular formula is C50H34N2O. The predicted octanol–water partition coefficient (Wildman–Crippen LogP) is 14.0. The molecule has 8 aromatic carbocycles. The summed E-state index contributed by atoms with van der Waals surface area (Å²) >= 11 is 0. The van der Waals surface area contributed by atoms with Gasteiger partial charge in [-0.2, -0.15) is 0 Å². The van der Waals surface area contributed by atoms with Crippen molar-refractivity contribution in [1.29, 1.82) is 0 Å². The van der Waals surface area contributed by atoms with Crippen molar-refractivity contribution < 1.29 is 4.42 Å². The second kappa shape index (κ2) is 11.0. The zero-order chi connectivity index (χ0) is 34.6. The monoisotopic (exact) mass is 678 g/mol. The molecule has 250 valence electrons. The quantitative estimate of drug-likeness (QED) is 0.136. The van der Waals surface area contributed by atoms with Gasteiger partial charge in [0.1, 0.15) is 11.2 Å². The van der Waals surface area contributed by atoms with E-state index >= 15 is 0 Å². The standard InChI is InChI=1S/C50H34N2O/c1-2-14-33(15-3-1)52-43-20-8-6-17-37(43)38-26-24-35(30-45(38)52)51(44-21-11-23-47-50(44)41-18-7-9-22-46(41)53-47)34-25-27-40-42(29-34)39-19-10-13-32-28-31-12-4-5-16-36(31)49(40)48(32)39/h1-7,9-19,21-30,37,43H,8,20H2. The Hall–Kier alpha value is -6.58. The molecule has 0 spiro atoms. The summed E-state index contributed by atoms with van der Waals surface area (Å²) in [5, 5.41) is 7.46. The molecule has 9 aromatic rings. The van der Waals surface area contributed by atoms with Crippen LogP contribution in [0.1, 0.15) is 24.3 Å². The van der Waals surface area contributed by atoms with E-state index in [9.17, 15) is 0 Å². The fraction of sp³-hybridized carbons (Fsp3) is 0.0800. The molecule has 3 nitrogen and oxygen atoms in total. The highest BCUT2D eigenvalue weighted by molar-refractivity contribution is 6.24. The molecule has 2 unspecified atom stereocenters. The van der Waals surface area contributed by atoms with Gasteiger partial charge >= 0.3 is 0 Å². The fourth-order valence-corrected chi connectivity index (χ4v) is 9.79. The molecule has 0 saturated heterocycles. The second-order valence-corrected chi connectivity index (χ2v) is 14.7. The Balaban J connectivity index is 1.12. The Morgan fingerprint density at radius 1 is 0.566 bits per heavy atom. The average molecular weight is 679 g/mol. The Morgan fingerprint density at radius 2 is 1.34 bits per heavy atom. The first-order valence-corrected chi connectivity index (χ1v) is 18.7. The van der Waals surface area contributed by atoms with Crippen molar-refractivity contribution in [2.24, 2.45) is 0 Å². The van der Waals surface area contributed by atoms with Gasteiger partial charge in [-0.25, -0.2) is 0 Å². The van der Waals surface area contributed by atoms with Gasteiger partial charge in [0.2, 0.25) is 0 Å². The highest BCUT2D eigenvalue weighted by Crippen LogP contribution is 2.55. The Kier molecular flexibility index (Phi) is 6.01. The number of allylic oxidation sites excluding steroid dienone is 1. The lowest BCUT2D eigenvalue weighted by atomic mass is 9.87. The summed E-state index contributed by atoms with van der Waals surface area (Å²) in [7, 11) is 0. The number of hydrogen-bond acceptors (Lipinski definition) is 3. The van der Waals surface area contributed by atoms with E-state index < -0.39 is 0 Å². The molecule has 0 radical (unpaired) electrons. The van der Waals surface area contributed by atoms with Crippen molar-refractivity contribution in [3.05, 3.63) is 175 Å². The predicted molar refractivity (Wildman–Crippen MR) is 221 cm³/mol. The summed E-state index contributed by atoms with van der Waals surface area (Å²) < 4.78 is 6.48. The molecule has 53 heavy (non-hydrogen) atoms. The Labute approximate surface area is 307 Å². The number of para-hydroxylation sites is 2. The Morgan fingerprint density at radius 3 is 2.28 bits per heavy atom. The van der Waals surface area contributed by atoms with Gasteiger partial charge in [-0.15, -0.1) is 0 Å². The van der Waals surface area contributed by atoms with Crippen molar-refractivity contribution >= 4 is 71.9 Å². The van der Waals surface area contributed by atoms with Crippen LogP contribution in [0, 0.1) is 0 Å². The SMILES string of the molecule is C1=CC2c3ccc(N(c4ccc5c(c4)-c4cccc6cc7ccccc7c-5c46)c4cccc5oc6ccccc6c45)cc3N(c3ccccc3)C2CC1. The van der Waals surface area contributed by atoms with E-state index in [1.165, 1.54) is 60.7 Å². The summed E-state index contributed by atoms with van der Waals surface area (Å²) in [6.07, 6.45) is 7.05. The average Bonchev–Trinajstić information content (AvgIpc) is 3.87. The fourth-order valence-electron chi connectivity index (χ4n) is 9.79. The van der Waals surface area contributed by atoms with Gasteiger partial charge in [0.05, 0.1) is 11.1 Å². The van der Waals surface area contributed by atoms with Gasteiger partial charge in [-0.1, -0.05) is 109 Å². The normalized spacial score (nSPS) is 16.8. The zero-order valence-electron chi connectivity index (χ0n) is 29.0. The lowest BCUT2D eigenvalue weighted by molar-refractivity contribution is 0.565. The number of benzene rings is 8. The molecule has 1 aromatic heterocycles. The maximum Gasteiger partial charge on any atom is 0.137 e. The number of nitrogens with zero attached hydrogens (tertiary/aromatic N) is 2. The summed E-state index contributed by atoms with van der Waals surface area (Å²) in [5.74, 6) is 0.372. The second-order valence-electron chi connectivity index (χ2n) is 14.7. The third kappa shape index (κ3) is 4.11. The highest BCUT2D eigenvalue weighted by atomic mass is 16.3. The highest BCUT2D eigenvalue weighted by Gasteiger charge is 2.39. The van der Waals surface area contributed by atoms with Crippen LogP contribution >= 0.6 is 0 Å². The maximum absolute atomic E-state index is 6.48. The largest absolute Gasteiger partial charge is 0.456 e. The molecule has 3 aliphatic rings. The van der Waals surface area contributed by atoms with Crippen molar-refractivity contribution in [3.8, 4) is 22.3 Å². The molecule has 0 amide bonds. The molecule has 2 atom stereocenters. The molecule has 2 heterocycles. The van der Waals surface area contributed by atoms with Crippen molar-refractivity contribution in [1.82, 2.24) is 0 Å². The number of rotatable bonds is 4. The van der Waals surface area contributed by atoms with E-state index in [4.69, 9.17) is 4.42 Å². The topological polar surface area (TPSA) is 19.6 Å². The molecule has 0 saturated carbocycles. The first-order chi connectivity index (χ1) is 26.3. The van der Waals surface area contributed by atoms with Crippen LogP contribution in [-0.4, -0.2) is 6.04 Å². The molecule has 0 fully saturated rings. The number of anilines is 5. The third-order valence-corrected chi connectivity index (χ3v) is 12.0. The van der Waals surface area contributed by atoms with Gasteiger partial charge in [-0.05, 0) is 123 Å². The lowest BCUT2D eigenvalue weighted by Gasteiger charge is -2.32. The molecule has 0 bridgehead atoms. The minimum Gasteiger partial charge on any atom is -0.456 e. The molecule has 3 heteroatoms. The minimum absolute atomic E-state index is 0.372. The van der Waals surface area contributed by atoms with Gasteiger partial charge in [0.25, 0.3) is 0 Å². The van der Waals surface area contributed by atoms with Gasteiger partial charge < -0.3 is 14.2 Å². The summed E-state index contributed by atoms with van der Waals surface area (Å²) in [6.45, 7) is 0. The molecule has 0 N–H and O–H groups in total. The van der Waals surface area contributed by atoms with E-state index in [0.29, 0.717) is 12.0 Å². The van der Waals surface area contributed by atoms with Crippen LogP contribution in [0.2, 0.25) is 0 Å². The number of hydrogen-bond donors (Lipinski definition) is 0. The first kappa shape index (κ1) is 29.0. The van der Waals surface area contributed by atoms with Gasteiger partial charge in [0, 0.05) is 40.1 Å². The molecule has 2 aliphatic carbocycles. The van der Waals surface area contributed by atoms with E-state index in [1.54, 1.807) is 0 Å². The van der Waals surface area contributed by atoms with E-state index in [1.807, 2.05) is 0 Å². The zero-order valence-corrected chi connectivity index (χ0v) is 29.0. The first-order valence-electron chi connectivity index (χ1n) is 18.7. The summed E-state index contributed by atoms with van der Waals surface area (Å²) in [6, 6.07) is 58.4. The smallest absolute Gasteiger partial charge is 0.137 e. The van der Waals surface area contributed by atoms with Crippen LogP contribution in [0.5, 0.6) is 0 Å². The molecule has 1 aliphatic heterocycles. The van der Waals surface area contributed by atoms with Crippen LogP contribution in [0.4, 0.5) is 28.4 Å². The van der Waals surface area contributed by atoms with Crippen molar-refractivity contribution in [2.75, 3.05) is 9.80 Å². The van der Waals surface area contributed by atoms with E-state index in [0.717, 1.165) is 51.8 Å². The van der Waals surface area contributed by atoms with Crippen LogP contribution in [0.3, 0.4) is 0 Å². The van der Waals surface area contributed by atoms with Gasteiger partial charge in [-0.3, -0.25) is 0 Å². The van der Waals surface area contributed by atoms with Crippen LogP contribution in [0.15, 0.2) is 174 Å². The van der Waals surface area contributed by atoms with Crippen LogP contribution in [0.25, 0.3) is 65.7 Å². The van der Waals surface area contributed by atoms with Crippen LogP contribution in [-0.2, 0) is 0 Å². The summed E-state index contributed by atoms with van der Waals surface area (Å²) in [5.41, 5.74) is 14.3. The van der Waals surface area contributed by atoms with Crippen molar-refractivity contribution in [3.63, 3.8) is 0 Å². The van der Waals surface area contributed by atoms with E-state index in [2.05, 4.69) is 180 Å². The lowest BCUT2D eigenvalue weighted by Crippen LogP contribution is -2.30. The minimum atomic E-state index is 0.372. The van der Waals surface area contributed by atoms with Gasteiger partial charge in [0.15, 0.2) is 0 Å². The number of furan rings is 1. The molecular weight excluding hydrogens is 645 g/mol. The Bertz CT molecular complexity index is 2990. The third-order valence-electron chi connectivity index (χ3n) is 12.0. The van der Waals surface area contributed by atoms with E-state index in [-0.39, 0.29) is 0 Å². The summed E-state index contributed by atoms with van der Waals surface area (Å²) in [4.78, 5) is 5.07. The molecule has 12 rings (SSSR count). The van der Waals surface area contributed by atoms with Crippen LogP contribution < -0.4 is 9.80 Å². The maximum atomic E-state index is 6.48. The number of fused-ring (bicyclic) bond motifs is 11.